The first-order valence-corrected chi connectivity index (χ1v) is 7.85. The molecular formula is C15H32N2O2. The zero-order chi connectivity index (χ0) is 13.9. The van der Waals surface area contributed by atoms with Crippen LogP contribution < -0.4 is 5.32 Å². The lowest BCUT2D eigenvalue weighted by Crippen LogP contribution is -2.56. The number of hydrogen-bond donors (Lipinski definition) is 1. The van der Waals surface area contributed by atoms with Crippen LogP contribution in [0.1, 0.15) is 39.5 Å². The number of ether oxygens (including phenoxy) is 2. The van der Waals surface area contributed by atoms with Gasteiger partial charge in [-0.25, -0.2) is 0 Å². The van der Waals surface area contributed by atoms with Crippen LogP contribution in [0.5, 0.6) is 0 Å². The lowest BCUT2D eigenvalue weighted by atomic mass is 10.0. The third-order valence-electron chi connectivity index (χ3n) is 3.89. The highest BCUT2D eigenvalue weighted by Gasteiger charge is 2.25. The zero-order valence-corrected chi connectivity index (χ0v) is 13.0. The van der Waals surface area contributed by atoms with Crippen molar-refractivity contribution in [3.05, 3.63) is 0 Å². The van der Waals surface area contributed by atoms with E-state index < -0.39 is 0 Å². The van der Waals surface area contributed by atoms with Crippen LogP contribution in [0, 0.1) is 0 Å². The van der Waals surface area contributed by atoms with Gasteiger partial charge in [-0.05, 0) is 19.3 Å². The van der Waals surface area contributed by atoms with Crippen molar-refractivity contribution in [1.29, 1.82) is 0 Å². The molecule has 1 saturated heterocycles. The molecule has 19 heavy (non-hydrogen) atoms. The Kier molecular flexibility index (Phi) is 9.43. The Morgan fingerprint density at radius 2 is 2.05 bits per heavy atom. The monoisotopic (exact) mass is 272 g/mol. The molecule has 0 saturated carbocycles. The quantitative estimate of drug-likeness (QED) is 0.616. The third-order valence-corrected chi connectivity index (χ3v) is 3.89. The van der Waals surface area contributed by atoms with Crippen LogP contribution in [0.3, 0.4) is 0 Å². The van der Waals surface area contributed by atoms with E-state index in [1.807, 2.05) is 0 Å². The van der Waals surface area contributed by atoms with Crippen LogP contribution >= 0.6 is 0 Å². The van der Waals surface area contributed by atoms with Crippen LogP contribution in [-0.4, -0.2) is 63.5 Å². The Morgan fingerprint density at radius 3 is 2.74 bits per heavy atom. The zero-order valence-electron chi connectivity index (χ0n) is 13.0. The Labute approximate surface area is 118 Å². The van der Waals surface area contributed by atoms with Crippen LogP contribution in [0.15, 0.2) is 0 Å². The molecule has 4 nitrogen and oxygen atoms in total. The Balaban J connectivity index is 2.21. The molecule has 1 fully saturated rings. The molecule has 0 aromatic rings. The van der Waals surface area contributed by atoms with Gasteiger partial charge in [0.1, 0.15) is 0 Å². The van der Waals surface area contributed by atoms with E-state index in [-0.39, 0.29) is 0 Å². The minimum atomic E-state index is 0.654. The molecule has 1 heterocycles. The van der Waals surface area contributed by atoms with Crippen molar-refractivity contribution in [2.75, 3.05) is 46.6 Å². The summed E-state index contributed by atoms with van der Waals surface area (Å²) in [6, 6.07) is 1.34. The number of hydrogen-bond acceptors (Lipinski definition) is 4. The van der Waals surface area contributed by atoms with E-state index in [0.717, 1.165) is 39.3 Å². The van der Waals surface area contributed by atoms with Gasteiger partial charge < -0.3 is 14.8 Å². The molecule has 114 valence electrons. The molecule has 1 rings (SSSR count). The average molecular weight is 272 g/mol. The van der Waals surface area contributed by atoms with Gasteiger partial charge in [0.2, 0.25) is 0 Å². The van der Waals surface area contributed by atoms with Crippen molar-refractivity contribution in [3.8, 4) is 0 Å². The maximum absolute atomic E-state index is 5.69. The number of nitrogens with zero attached hydrogens (tertiary/aromatic N) is 1. The Morgan fingerprint density at radius 1 is 1.21 bits per heavy atom. The number of methoxy groups -OCH3 is 1. The molecule has 1 N–H and O–H groups in total. The lowest BCUT2D eigenvalue weighted by Gasteiger charge is -2.40. The first-order chi connectivity index (χ1) is 9.31. The number of piperazine rings is 1. The van der Waals surface area contributed by atoms with E-state index in [0.29, 0.717) is 12.1 Å². The van der Waals surface area contributed by atoms with E-state index in [4.69, 9.17) is 9.47 Å². The van der Waals surface area contributed by atoms with E-state index in [1.54, 1.807) is 7.11 Å². The molecule has 0 radical (unpaired) electrons. The number of nitrogens with one attached hydrogen (secondary N) is 1. The van der Waals surface area contributed by atoms with Crippen molar-refractivity contribution in [1.82, 2.24) is 10.2 Å². The maximum atomic E-state index is 5.69. The van der Waals surface area contributed by atoms with Crippen LogP contribution in [-0.2, 0) is 9.47 Å². The summed E-state index contributed by atoms with van der Waals surface area (Å²) in [5.74, 6) is 0. The van der Waals surface area contributed by atoms with Gasteiger partial charge in [0.25, 0.3) is 0 Å². The highest BCUT2D eigenvalue weighted by molar-refractivity contribution is 4.85. The highest BCUT2D eigenvalue weighted by Crippen LogP contribution is 2.13. The van der Waals surface area contributed by atoms with Crippen molar-refractivity contribution in [2.24, 2.45) is 0 Å². The lowest BCUT2D eigenvalue weighted by molar-refractivity contribution is 0.0535. The summed E-state index contributed by atoms with van der Waals surface area (Å²) < 4.78 is 10.7. The van der Waals surface area contributed by atoms with Crippen molar-refractivity contribution in [3.63, 3.8) is 0 Å². The normalized spacial score (nSPS) is 24.8. The summed E-state index contributed by atoms with van der Waals surface area (Å²) in [5.41, 5.74) is 0. The molecule has 1 aliphatic rings. The molecule has 0 aromatic carbocycles. The Hall–Kier alpha value is -0.160. The topological polar surface area (TPSA) is 33.7 Å². The minimum Gasteiger partial charge on any atom is -0.385 e. The maximum Gasteiger partial charge on any atom is 0.0593 e. The van der Waals surface area contributed by atoms with Crippen molar-refractivity contribution < 1.29 is 9.47 Å². The Bertz CT molecular complexity index is 214. The average Bonchev–Trinajstić information content (AvgIpc) is 2.44. The van der Waals surface area contributed by atoms with E-state index in [1.165, 1.54) is 25.8 Å². The van der Waals surface area contributed by atoms with Gasteiger partial charge in [0, 0.05) is 52.0 Å². The third kappa shape index (κ3) is 6.70. The van der Waals surface area contributed by atoms with E-state index >= 15 is 0 Å². The second-order valence-corrected chi connectivity index (χ2v) is 5.41. The SMILES string of the molecule is CCCC1CNC(CC)CN1CCOCCCOC. The highest BCUT2D eigenvalue weighted by atomic mass is 16.5. The molecule has 0 aromatic heterocycles. The first kappa shape index (κ1) is 16.9. The van der Waals surface area contributed by atoms with Gasteiger partial charge in [-0.1, -0.05) is 20.3 Å². The number of rotatable bonds is 10. The summed E-state index contributed by atoms with van der Waals surface area (Å²) in [6.07, 6.45) is 4.75. The van der Waals surface area contributed by atoms with Crippen LogP contribution in [0.2, 0.25) is 0 Å². The van der Waals surface area contributed by atoms with E-state index in [2.05, 4.69) is 24.1 Å². The fraction of sp³-hybridized carbons (Fsp3) is 1.00. The molecule has 2 atom stereocenters. The molecule has 0 aliphatic carbocycles. The van der Waals surface area contributed by atoms with Gasteiger partial charge in [-0.3, -0.25) is 4.90 Å². The van der Waals surface area contributed by atoms with Crippen molar-refractivity contribution >= 4 is 0 Å². The predicted molar refractivity (Wildman–Crippen MR) is 79.7 cm³/mol. The summed E-state index contributed by atoms with van der Waals surface area (Å²) >= 11 is 0. The second-order valence-electron chi connectivity index (χ2n) is 5.41. The molecule has 0 bridgehead atoms. The molecule has 0 spiro atoms. The largest absolute Gasteiger partial charge is 0.385 e. The molecule has 2 unspecified atom stereocenters. The predicted octanol–water partition coefficient (Wildman–Crippen LogP) is 1.89. The van der Waals surface area contributed by atoms with Gasteiger partial charge in [-0.15, -0.1) is 0 Å². The van der Waals surface area contributed by atoms with Crippen LogP contribution in [0.25, 0.3) is 0 Å². The standard InChI is InChI=1S/C15H32N2O2/c1-4-7-15-12-16-14(5-2)13-17(15)8-11-19-10-6-9-18-3/h14-16H,4-13H2,1-3H3. The first-order valence-electron chi connectivity index (χ1n) is 7.85. The second kappa shape index (κ2) is 10.6. The summed E-state index contributed by atoms with van der Waals surface area (Å²) in [6.45, 7) is 10.4. The molecular weight excluding hydrogens is 240 g/mol. The fourth-order valence-corrected chi connectivity index (χ4v) is 2.68. The summed E-state index contributed by atoms with van der Waals surface area (Å²) in [4.78, 5) is 2.62. The van der Waals surface area contributed by atoms with Gasteiger partial charge in [0.15, 0.2) is 0 Å². The van der Waals surface area contributed by atoms with Crippen molar-refractivity contribution in [2.45, 2.75) is 51.6 Å². The smallest absolute Gasteiger partial charge is 0.0593 e. The molecule has 0 amide bonds. The summed E-state index contributed by atoms with van der Waals surface area (Å²) in [5, 5.41) is 3.65. The van der Waals surface area contributed by atoms with Crippen LogP contribution in [0.4, 0.5) is 0 Å². The van der Waals surface area contributed by atoms with Gasteiger partial charge in [-0.2, -0.15) is 0 Å². The summed E-state index contributed by atoms with van der Waals surface area (Å²) in [7, 11) is 1.74. The van der Waals surface area contributed by atoms with Gasteiger partial charge >= 0.3 is 0 Å². The molecule has 4 heteroatoms. The van der Waals surface area contributed by atoms with Gasteiger partial charge in [0.05, 0.1) is 6.61 Å². The van der Waals surface area contributed by atoms with E-state index in [9.17, 15) is 0 Å². The molecule has 1 aliphatic heterocycles. The minimum absolute atomic E-state index is 0.654. The fourth-order valence-electron chi connectivity index (χ4n) is 2.68.